The van der Waals surface area contributed by atoms with E-state index in [-0.39, 0.29) is 5.91 Å². The van der Waals surface area contributed by atoms with Crippen molar-refractivity contribution in [2.24, 2.45) is 0 Å². The molecule has 0 bridgehead atoms. The lowest BCUT2D eigenvalue weighted by Gasteiger charge is -2.34. The third kappa shape index (κ3) is 3.76. The molecular formula is C19H24N6O. The number of nitrogens with zero attached hydrogens (tertiary/aromatic N) is 5. The maximum Gasteiger partial charge on any atom is 0.255 e. The van der Waals surface area contributed by atoms with Gasteiger partial charge in [0.2, 0.25) is 5.95 Å². The van der Waals surface area contributed by atoms with Crippen LogP contribution in [-0.4, -0.2) is 58.0 Å². The molecule has 1 aliphatic carbocycles. The van der Waals surface area contributed by atoms with Crippen molar-refractivity contribution in [1.29, 1.82) is 0 Å². The second-order valence-electron chi connectivity index (χ2n) is 6.89. The van der Waals surface area contributed by atoms with Crippen molar-refractivity contribution in [3.05, 3.63) is 42.4 Å². The molecule has 1 aliphatic heterocycles. The van der Waals surface area contributed by atoms with E-state index in [1.54, 1.807) is 18.6 Å². The first-order chi connectivity index (χ1) is 12.8. The molecule has 0 radical (unpaired) electrons. The predicted molar refractivity (Wildman–Crippen MR) is 100 cm³/mol. The summed E-state index contributed by atoms with van der Waals surface area (Å²) in [4.78, 5) is 29.7. The van der Waals surface area contributed by atoms with E-state index in [4.69, 9.17) is 0 Å². The molecule has 136 valence electrons. The third-order valence-electron chi connectivity index (χ3n) is 5.12. The zero-order valence-corrected chi connectivity index (χ0v) is 14.8. The van der Waals surface area contributed by atoms with E-state index in [2.05, 4.69) is 25.2 Å². The van der Waals surface area contributed by atoms with Crippen LogP contribution in [0.25, 0.3) is 0 Å². The molecule has 2 aliphatic rings. The molecule has 26 heavy (non-hydrogen) atoms. The van der Waals surface area contributed by atoms with Crippen LogP contribution in [0.4, 0.5) is 11.8 Å². The highest BCUT2D eigenvalue weighted by atomic mass is 16.2. The summed E-state index contributed by atoms with van der Waals surface area (Å²) in [5, 5.41) is 3.45. The molecule has 0 spiro atoms. The number of carbonyl (C=O) groups is 1. The fourth-order valence-electron chi connectivity index (χ4n) is 3.63. The molecule has 1 saturated heterocycles. The Balaban J connectivity index is 1.33. The maximum absolute atomic E-state index is 12.7. The molecule has 2 aromatic heterocycles. The van der Waals surface area contributed by atoms with Crippen LogP contribution >= 0.6 is 0 Å². The van der Waals surface area contributed by atoms with E-state index in [1.807, 2.05) is 23.1 Å². The standard InChI is InChI=1S/C19H24N6O/c26-18(15-6-7-17(22-14-15)23-16-4-1-2-5-16)24-10-12-25(13-11-24)19-20-8-3-9-21-19/h3,6-9,14,16H,1-2,4-5,10-13H2,(H,22,23). The summed E-state index contributed by atoms with van der Waals surface area (Å²) >= 11 is 0. The Hall–Kier alpha value is -2.70. The quantitative estimate of drug-likeness (QED) is 0.909. The van der Waals surface area contributed by atoms with E-state index in [0.717, 1.165) is 24.9 Å². The predicted octanol–water partition coefficient (Wildman–Crippen LogP) is 2.19. The summed E-state index contributed by atoms with van der Waals surface area (Å²) in [7, 11) is 0. The average molecular weight is 352 g/mol. The molecule has 7 heteroatoms. The lowest BCUT2D eigenvalue weighted by Crippen LogP contribution is -2.49. The number of pyridine rings is 1. The molecule has 3 heterocycles. The first-order valence-electron chi connectivity index (χ1n) is 9.33. The van der Waals surface area contributed by atoms with Gasteiger partial charge in [0.25, 0.3) is 5.91 Å². The lowest BCUT2D eigenvalue weighted by atomic mass is 10.2. The van der Waals surface area contributed by atoms with Crippen LogP contribution < -0.4 is 10.2 Å². The Bertz CT molecular complexity index is 721. The van der Waals surface area contributed by atoms with Crippen molar-refractivity contribution in [3.8, 4) is 0 Å². The lowest BCUT2D eigenvalue weighted by molar-refractivity contribution is 0.0746. The summed E-state index contributed by atoms with van der Waals surface area (Å²) in [5.74, 6) is 1.63. The molecule has 1 N–H and O–H groups in total. The van der Waals surface area contributed by atoms with Gasteiger partial charge in [-0.15, -0.1) is 0 Å². The molecule has 4 rings (SSSR count). The molecule has 7 nitrogen and oxygen atoms in total. The number of rotatable bonds is 4. The van der Waals surface area contributed by atoms with Crippen LogP contribution in [0.3, 0.4) is 0 Å². The number of piperazine rings is 1. The van der Waals surface area contributed by atoms with Crippen molar-refractivity contribution in [2.45, 2.75) is 31.7 Å². The fourth-order valence-corrected chi connectivity index (χ4v) is 3.63. The number of hydrogen-bond donors (Lipinski definition) is 1. The fraction of sp³-hybridized carbons (Fsp3) is 0.474. The van der Waals surface area contributed by atoms with Crippen LogP contribution in [0.1, 0.15) is 36.0 Å². The van der Waals surface area contributed by atoms with E-state index >= 15 is 0 Å². The van der Waals surface area contributed by atoms with Gasteiger partial charge >= 0.3 is 0 Å². The normalized spacial score (nSPS) is 18.2. The highest BCUT2D eigenvalue weighted by molar-refractivity contribution is 5.94. The minimum atomic E-state index is 0.0403. The van der Waals surface area contributed by atoms with E-state index in [1.165, 1.54) is 25.7 Å². The summed E-state index contributed by atoms with van der Waals surface area (Å²) < 4.78 is 0. The Morgan fingerprint density at radius 3 is 2.38 bits per heavy atom. The van der Waals surface area contributed by atoms with Crippen LogP contribution in [0.15, 0.2) is 36.8 Å². The van der Waals surface area contributed by atoms with E-state index in [0.29, 0.717) is 24.7 Å². The van der Waals surface area contributed by atoms with E-state index in [9.17, 15) is 4.79 Å². The van der Waals surface area contributed by atoms with Crippen molar-refractivity contribution in [2.75, 3.05) is 36.4 Å². The smallest absolute Gasteiger partial charge is 0.255 e. The van der Waals surface area contributed by atoms with Gasteiger partial charge in [0.1, 0.15) is 5.82 Å². The number of amides is 1. The third-order valence-corrected chi connectivity index (χ3v) is 5.12. The molecule has 2 fully saturated rings. The zero-order chi connectivity index (χ0) is 17.8. The molecular weight excluding hydrogens is 328 g/mol. The first-order valence-corrected chi connectivity index (χ1v) is 9.33. The summed E-state index contributed by atoms with van der Waals surface area (Å²) in [6, 6.07) is 6.12. The average Bonchev–Trinajstić information content (AvgIpc) is 3.22. The van der Waals surface area contributed by atoms with Gasteiger partial charge in [-0.05, 0) is 31.0 Å². The van der Waals surface area contributed by atoms with E-state index < -0.39 is 0 Å². The van der Waals surface area contributed by atoms with Crippen molar-refractivity contribution in [3.63, 3.8) is 0 Å². The minimum absolute atomic E-state index is 0.0403. The summed E-state index contributed by atoms with van der Waals surface area (Å²) in [5.41, 5.74) is 0.645. The van der Waals surface area contributed by atoms with Gasteiger partial charge < -0.3 is 15.1 Å². The van der Waals surface area contributed by atoms with Gasteiger partial charge in [0.15, 0.2) is 0 Å². The number of anilines is 2. The van der Waals surface area contributed by atoms with Crippen LogP contribution in [0, 0.1) is 0 Å². The highest BCUT2D eigenvalue weighted by Crippen LogP contribution is 2.21. The summed E-state index contributed by atoms with van der Waals surface area (Å²) in [6.07, 6.45) is 10.2. The SMILES string of the molecule is O=C(c1ccc(NC2CCCC2)nc1)N1CCN(c2ncccn2)CC1. The molecule has 0 atom stereocenters. The topological polar surface area (TPSA) is 74.2 Å². The van der Waals surface area contributed by atoms with Crippen LogP contribution in [0.5, 0.6) is 0 Å². The van der Waals surface area contributed by atoms with Gasteiger partial charge in [-0.3, -0.25) is 4.79 Å². The number of hydrogen-bond acceptors (Lipinski definition) is 6. The van der Waals surface area contributed by atoms with Gasteiger partial charge in [-0.1, -0.05) is 12.8 Å². The Kier molecular flexibility index (Phi) is 4.95. The van der Waals surface area contributed by atoms with Crippen LogP contribution in [0.2, 0.25) is 0 Å². The molecule has 0 aromatic carbocycles. The zero-order valence-electron chi connectivity index (χ0n) is 14.8. The summed E-state index contributed by atoms with van der Waals surface area (Å²) in [6.45, 7) is 2.81. The molecule has 1 saturated carbocycles. The number of nitrogens with one attached hydrogen (secondary N) is 1. The number of aromatic nitrogens is 3. The Morgan fingerprint density at radius 1 is 1.00 bits per heavy atom. The Labute approximate surface area is 153 Å². The van der Waals surface area contributed by atoms with Gasteiger partial charge in [-0.2, -0.15) is 0 Å². The molecule has 1 amide bonds. The molecule has 2 aromatic rings. The van der Waals surface area contributed by atoms with Gasteiger partial charge in [-0.25, -0.2) is 15.0 Å². The molecule has 0 unspecified atom stereocenters. The van der Waals surface area contributed by atoms with Gasteiger partial charge in [0, 0.05) is 50.8 Å². The van der Waals surface area contributed by atoms with Crippen LogP contribution in [-0.2, 0) is 0 Å². The Morgan fingerprint density at radius 2 is 1.73 bits per heavy atom. The second-order valence-corrected chi connectivity index (χ2v) is 6.89. The largest absolute Gasteiger partial charge is 0.367 e. The van der Waals surface area contributed by atoms with Crippen molar-refractivity contribution in [1.82, 2.24) is 19.9 Å². The van der Waals surface area contributed by atoms with Crippen molar-refractivity contribution < 1.29 is 4.79 Å². The highest BCUT2D eigenvalue weighted by Gasteiger charge is 2.23. The minimum Gasteiger partial charge on any atom is -0.367 e. The van der Waals surface area contributed by atoms with Gasteiger partial charge in [0.05, 0.1) is 5.56 Å². The monoisotopic (exact) mass is 352 g/mol. The second kappa shape index (κ2) is 7.68. The van der Waals surface area contributed by atoms with Crippen molar-refractivity contribution >= 4 is 17.7 Å². The maximum atomic E-state index is 12.7. The number of carbonyl (C=O) groups excluding carboxylic acids is 1. The first kappa shape index (κ1) is 16.8.